The second-order valence-corrected chi connectivity index (χ2v) is 6.40. The Kier molecular flexibility index (Phi) is 4.74. The molecule has 0 bridgehead atoms. The minimum absolute atomic E-state index is 0.00877. The topological polar surface area (TPSA) is 58.6 Å². The van der Waals surface area contributed by atoms with E-state index in [9.17, 15) is 9.59 Å². The Morgan fingerprint density at radius 1 is 1.12 bits per heavy atom. The molecule has 2 amide bonds. The number of aryl methyl sites for hydroxylation is 3. The fourth-order valence-corrected chi connectivity index (χ4v) is 2.81. The van der Waals surface area contributed by atoms with Gasteiger partial charge in [0.15, 0.2) is 6.61 Å². The Morgan fingerprint density at radius 3 is 2.68 bits per heavy atom. The molecule has 0 unspecified atom stereocenters. The largest absolute Gasteiger partial charge is 0.482 e. The van der Waals surface area contributed by atoms with Gasteiger partial charge in [0.2, 0.25) is 5.91 Å². The van der Waals surface area contributed by atoms with E-state index >= 15 is 0 Å². The molecule has 5 nitrogen and oxygen atoms in total. The SMILES string of the molecule is Cc1ccc2c(c1)N(CCC(=O)Nc1ccc(C)c(C)c1)C(=O)CO2. The van der Waals surface area contributed by atoms with Gasteiger partial charge >= 0.3 is 0 Å². The molecule has 0 radical (unpaired) electrons. The van der Waals surface area contributed by atoms with Crippen LogP contribution in [0.1, 0.15) is 23.1 Å². The number of hydrogen-bond donors (Lipinski definition) is 1. The normalized spacial score (nSPS) is 13.2. The first-order chi connectivity index (χ1) is 11.9. The van der Waals surface area contributed by atoms with Crippen molar-refractivity contribution in [3.05, 3.63) is 53.1 Å². The van der Waals surface area contributed by atoms with Gasteiger partial charge in [-0.2, -0.15) is 0 Å². The Labute approximate surface area is 147 Å². The first-order valence-electron chi connectivity index (χ1n) is 8.35. The number of carbonyl (C=O) groups excluding carboxylic acids is 2. The lowest BCUT2D eigenvalue weighted by atomic mass is 10.1. The third-order valence-corrected chi connectivity index (χ3v) is 4.41. The summed E-state index contributed by atoms with van der Waals surface area (Å²) in [6.07, 6.45) is 0.228. The van der Waals surface area contributed by atoms with E-state index in [1.807, 2.05) is 57.2 Å². The number of anilines is 2. The number of amides is 2. The molecule has 25 heavy (non-hydrogen) atoms. The van der Waals surface area contributed by atoms with Crippen molar-refractivity contribution in [3.8, 4) is 5.75 Å². The molecule has 130 valence electrons. The van der Waals surface area contributed by atoms with Crippen molar-refractivity contribution < 1.29 is 14.3 Å². The van der Waals surface area contributed by atoms with E-state index in [4.69, 9.17) is 4.74 Å². The van der Waals surface area contributed by atoms with E-state index in [-0.39, 0.29) is 24.8 Å². The quantitative estimate of drug-likeness (QED) is 0.930. The molecule has 0 aliphatic carbocycles. The van der Waals surface area contributed by atoms with Crippen molar-refractivity contribution in [2.75, 3.05) is 23.4 Å². The number of nitrogens with zero attached hydrogens (tertiary/aromatic N) is 1. The van der Waals surface area contributed by atoms with Crippen molar-refractivity contribution >= 4 is 23.2 Å². The smallest absolute Gasteiger partial charge is 0.265 e. The number of ether oxygens (including phenoxy) is 1. The molecule has 2 aromatic carbocycles. The van der Waals surface area contributed by atoms with Crippen molar-refractivity contribution in [2.45, 2.75) is 27.2 Å². The van der Waals surface area contributed by atoms with Crippen LogP contribution in [0.5, 0.6) is 5.75 Å². The first-order valence-corrected chi connectivity index (χ1v) is 8.35. The average Bonchev–Trinajstić information content (AvgIpc) is 2.57. The fourth-order valence-electron chi connectivity index (χ4n) is 2.81. The monoisotopic (exact) mass is 338 g/mol. The van der Waals surface area contributed by atoms with Crippen LogP contribution in [0.2, 0.25) is 0 Å². The van der Waals surface area contributed by atoms with Crippen LogP contribution < -0.4 is 15.0 Å². The predicted octanol–water partition coefficient (Wildman–Crippen LogP) is 3.37. The summed E-state index contributed by atoms with van der Waals surface area (Å²) in [5, 5.41) is 2.89. The Hall–Kier alpha value is -2.82. The summed E-state index contributed by atoms with van der Waals surface area (Å²) in [5.41, 5.74) is 4.86. The molecule has 0 saturated heterocycles. The number of fused-ring (bicyclic) bond motifs is 1. The van der Waals surface area contributed by atoms with Crippen molar-refractivity contribution in [1.82, 2.24) is 0 Å². The zero-order chi connectivity index (χ0) is 18.0. The first kappa shape index (κ1) is 17.0. The second-order valence-electron chi connectivity index (χ2n) is 6.40. The van der Waals surface area contributed by atoms with Crippen LogP contribution in [-0.2, 0) is 9.59 Å². The van der Waals surface area contributed by atoms with Gasteiger partial charge in [-0.15, -0.1) is 0 Å². The van der Waals surface area contributed by atoms with Crippen LogP contribution in [-0.4, -0.2) is 25.0 Å². The molecule has 5 heteroatoms. The lowest BCUT2D eigenvalue weighted by Gasteiger charge is -2.29. The molecule has 0 saturated carbocycles. The van der Waals surface area contributed by atoms with Crippen molar-refractivity contribution in [1.29, 1.82) is 0 Å². The molecule has 1 aliphatic rings. The highest BCUT2D eigenvalue weighted by Gasteiger charge is 2.25. The minimum atomic E-state index is -0.128. The molecular formula is C20H22N2O3. The minimum Gasteiger partial charge on any atom is -0.482 e. The molecule has 0 spiro atoms. The van der Waals surface area contributed by atoms with E-state index in [0.717, 1.165) is 22.5 Å². The molecule has 0 fully saturated rings. The summed E-state index contributed by atoms with van der Waals surface area (Å²) in [4.78, 5) is 26.1. The summed E-state index contributed by atoms with van der Waals surface area (Å²) >= 11 is 0. The average molecular weight is 338 g/mol. The molecule has 0 atom stereocenters. The van der Waals surface area contributed by atoms with Gasteiger partial charge < -0.3 is 15.0 Å². The van der Waals surface area contributed by atoms with Gasteiger partial charge in [-0.3, -0.25) is 9.59 Å². The zero-order valence-corrected chi connectivity index (χ0v) is 14.8. The van der Waals surface area contributed by atoms with E-state index in [1.165, 1.54) is 5.56 Å². The van der Waals surface area contributed by atoms with Gasteiger partial charge in [0.1, 0.15) is 5.75 Å². The van der Waals surface area contributed by atoms with Gasteiger partial charge in [-0.1, -0.05) is 12.1 Å². The molecule has 1 aliphatic heterocycles. The van der Waals surface area contributed by atoms with Gasteiger partial charge in [-0.25, -0.2) is 0 Å². The summed E-state index contributed by atoms with van der Waals surface area (Å²) < 4.78 is 5.46. The Bertz CT molecular complexity index is 830. The molecule has 1 heterocycles. The van der Waals surface area contributed by atoms with E-state index in [0.29, 0.717) is 12.3 Å². The third kappa shape index (κ3) is 3.82. The summed E-state index contributed by atoms with van der Waals surface area (Å²) in [5.74, 6) is 0.439. The Balaban J connectivity index is 1.66. The van der Waals surface area contributed by atoms with Crippen molar-refractivity contribution in [3.63, 3.8) is 0 Å². The zero-order valence-electron chi connectivity index (χ0n) is 14.8. The second kappa shape index (κ2) is 6.97. The molecule has 3 rings (SSSR count). The standard InChI is InChI=1S/C20H22N2O3/c1-13-4-7-18-17(10-13)22(20(24)12-25-18)9-8-19(23)21-16-6-5-14(2)15(3)11-16/h4-7,10-11H,8-9,12H2,1-3H3,(H,21,23). The van der Waals surface area contributed by atoms with Crippen LogP contribution in [0.15, 0.2) is 36.4 Å². The van der Waals surface area contributed by atoms with E-state index in [1.54, 1.807) is 4.90 Å². The molecule has 0 aromatic heterocycles. The molecular weight excluding hydrogens is 316 g/mol. The summed E-state index contributed by atoms with van der Waals surface area (Å²) in [7, 11) is 0. The number of nitrogens with one attached hydrogen (secondary N) is 1. The predicted molar refractivity (Wildman–Crippen MR) is 98.2 cm³/mol. The Morgan fingerprint density at radius 2 is 1.92 bits per heavy atom. The third-order valence-electron chi connectivity index (χ3n) is 4.41. The van der Waals surface area contributed by atoms with Gasteiger partial charge in [0.25, 0.3) is 5.91 Å². The fraction of sp³-hybridized carbons (Fsp3) is 0.300. The lowest BCUT2D eigenvalue weighted by molar-refractivity contribution is -0.121. The molecule has 2 aromatic rings. The highest BCUT2D eigenvalue weighted by Crippen LogP contribution is 2.32. The summed E-state index contributed by atoms with van der Waals surface area (Å²) in [6.45, 7) is 6.34. The number of carbonyl (C=O) groups is 2. The van der Waals surface area contributed by atoms with Gasteiger partial charge in [0.05, 0.1) is 5.69 Å². The van der Waals surface area contributed by atoms with Crippen LogP contribution >= 0.6 is 0 Å². The maximum absolute atomic E-state index is 12.3. The highest BCUT2D eigenvalue weighted by atomic mass is 16.5. The summed E-state index contributed by atoms with van der Waals surface area (Å²) in [6, 6.07) is 11.5. The van der Waals surface area contributed by atoms with E-state index in [2.05, 4.69) is 5.32 Å². The number of rotatable bonds is 4. The van der Waals surface area contributed by atoms with E-state index < -0.39 is 0 Å². The van der Waals surface area contributed by atoms with Crippen LogP contribution in [0.3, 0.4) is 0 Å². The highest BCUT2D eigenvalue weighted by molar-refractivity contribution is 5.99. The van der Waals surface area contributed by atoms with Crippen LogP contribution in [0, 0.1) is 20.8 Å². The van der Waals surface area contributed by atoms with Gasteiger partial charge in [-0.05, 0) is 61.7 Å². The maximum Gasteiger partial charge on any atom is 0.265 e. The number of benzene rings is 2. The lowest BCUT2D eigenvalue weighted by Crippen LogP contribution is -2.40. The maximum atomic E-state index is 12.3. The van der Waals surface area contributed by atoms with Crippen molar-refractivity contribution in [2.24, 2.45) is 0 Å². The number of hydrogen-bond acceptors (Lipinski definition) is 3. The van der Waals surface area contributed by atoms with Crippen LogP contribution in [0.4, 0.5) is 11.4 Å². The van der Waals surface area contributed by atoms with Gasteiger partial charge in [0, 0.05) is 18.7 Å². The molecule has 1 N–H and O–H groups in total. The van der Waals surface area contributed by atoms with Crippen LogP contribution in [0.25, 0.3) is 0 Å².